The van der Waals surface area contributed by atoms with E-state index in [4.69, 9.17) is 4.74 Å². The summed E-state index contributed by atoms with van der Waals surface area (Å²) in [5.74, 6) is 0.583. The van der Waals surface area contributed by atoms with Gasteiger partial charge in [-0.1, -0.05) is 6.92 Å². The quantitative estimate of drug-likeness (QED) is 0.838. The number of rotatable bonds is 7. The van der Waals surface area contributed by atoms with Crippen LogP contribution in [0.1, 0.15) is 30.5 Å². The molecule has 0 radical (unpaired) electrons. The van der Waals surface area contributed by atoms with E-state index in [1.807, 2.05) is 0 Å². The van der Waals surface area contributed by atoms with E-state index < -0.39 is 0 Å². The van der Waals surface area contributed by atoms with Crippen LogP contribution < -0.4 is 5.32 Å². The maximum absolute atomic E-state index is 5.67. The normalized spacial score (nSPS) is 23.4. The summed E-state index contributed by atoms with van der Waals surface area (Å²) in [6, 6.07) is 0.600. The Labute approximate surface area is 126 Å². The van der Waals surface area contributed by atoms with Crippen molar-refractivity contribution in [2.75, 3.05) is 33.4 Å². The lowest BCUT2D eigenvalue weighted by Gasteiger charge is -2.34. The van der Waals surface area contributed by atoms with E-state index in [1.54, 1.807) is 11.3 Å². The molecule has 2 atom stereocenters. The lowest BCUT2D eigenvalue weighted by molar-refractivity contribution is 0.0188. The molecule has 114 valence electrons. The number of hydrogen-bond donors (Lipinski definition) is 1. The fourth-order valence-corrected chi connectivity index (χ4v) is 3.40. The molecule has 0 spiro atoms. The molecule has 2 rings (SSSR count). The van der Waals surface area contributed by atoms with Crippen LogP contribution in [0.4, 0.5) is 0 Å². The second kappa shape index (κ2) is 8.08. The summed E-state index contributed by atoms with van der Waals surface area (Å²) in [6.45, 7) is 9.16. The predicted octanol–water partition coefficient (Wildman–Crippen LogP) is 2.29. The summed E-state index contributed by atoms with van der Waals surface area (Å²) in [5, 5.41) is 6.99. The third-order valence-corrected chi connectivity index (χ3v) is 4.60. The van der Waals surface area contributed by atoms with Crippen LogP contribution in [-0.4, -0.2) is 49.3 Å². The summed E-state index contributed by atoms with van der Waals surface area (Å²) in [6.07, 6.45) is 2.33. The van der Waals surface area contributed by atoms with Crippen LogP contribution in [0.15, 0.2) is 5.38 Å². The molecular formula is C15H27N3OS. The highest BCUT2D eigenvalue weighted by atomic mass is 32.1. The molecule has 1 N–H and O–H groups in total. The zero-order valence-corrected chi connectivity index (χ0v) is 13.7. The first-order chi connectivity index (χ1) is 9.69. The lowest BCUT2D eigenvalue weighted by atomic mass is 9.95. The molecule has 1 aromatic rings. The first-order valence-electron chi connectivity index (χ1n) is 7.59. The van der Waals surface area contributed by atoms with Crippen molar-refractivity contribution in [1.29, 1.82) is 0 Å². The molecule has 1 aromatic heterocycles. The minimum absolute atomic E-state index is 0.583. The average molecular weight is 297 g/mol. The van der Waals surface area contributed by atoms with E-state index in [9.17, 15) is 0 Å². The molecule has 0 saturated carbocycles. The van der Waals surface area contributed by atoms with Crippen LogP contribution in [0.25, 0.3) is 0 Å². The zero-order valence-electron chi connectivity index (χ0n) is 12.9. The van der Waals surface area contributed by atoms with Crippen molar-refractivity contribution >= 4 is 11.3 Å². The minimum atomic E-state index is 0.583. The van der Waals surface area contributed by atoms with Gasteiger partial charge in [0.05, 0.1) is 17.3 Å². The zero-order chi connectivity index (χ0) is 14.4. The molecule has 2 unspecified atom stereocenters. The Morgan fingerprint density at radius 2 is 2.40 bits per heavy atom. The standard InChI is InChI=1S/C15H27N3OS/c1-4-6-16-15-5-7-19-10-13(15)8-18(3)9-14-11-20-12(2)17-14/h11,13,15-16H,4-10H2,1-3H3. The molecule has 2 heterocycles. The first kappa shape index (κ1) is 15.9. The predicted molar refractivity (Wildman–Crippen MR) is 84.2 cm³/mol. The van der Waals surface area contributed by atoms with Crippen LogP contribution >= 0.6 is 11.3 Å². The van der Waals surface area contributed by atoms with Crippen LogP contribution in [0.5, 0.6) is 0 Å². The van der Waals surface area contributed by atoms with E-state index in [0.717, 1.165) is 44.3 Å². The van der Waals surface area contributed by atoms with Gasteiger partial charge in [0.2, 0.25) is 0 Å². The second-order valence-electron chi connectivity index (χ2n) is 5.74. The molecule has 20 heavy (non-hydrogen) atoms. The Morgan fingerprint density at radius 1 is 1.55 bits per heavy atom. The topological polar surface area (TPSA) is 37.4 Å². The molecule has 0 bridgehead atoms. The van der Waals surface area contributed by atoms with Crippen molar-refractivity contribution in [3.05, 3.63) is 16.1 Å². The number of aromatic nitrogens is 1. The van der Waals surface area contributed by atoms with Gasteiger partial charge in [-0.15, -0.1) is 11.3 Å². The van der Waals surface area contributed by atoms with Gasteiger partial charge < -0.3 is 15.0 Å². The fraction of sp³-hybridized carbons (Fsp3) is 0.800. The van der Waals surface area contributed by atoms with Gasteiger partial charge in [-0.05, 0) is 33.4 Å². The Morgan fingerprint density at radius 3 is 3.10 bits per heavy atom. The highest BCUT2D eigenvalue weighted by molar-refractivity contribution is 7.09. The van der Waals surface area contributed by atoms with Crippen molar-refractivity contribution in [3.63, 3.8) is 0 Å². The Hall–Kier alpha value is -0.490. The number of nitrogens with zero attached hydrogens (tertiary/aromatic N) is 2. The molecule has 0 aromatic carbocycles. The molecule has 5 heteroatoms. The smallest absolute Gasteiger partial charge is 0.0897 e. The molecular weight excluding hydrogens is 270 g/mol. The van der Waals surface area contributed by atoms with Gasteiger partial charge in [-0.25, -0.2) is 4.98 Å². The molecule has 1 saturated heterocycles. The SMILES string of the molecule is CCCNC1CCOCC1CN(C)Cc1csc(C)n1. The summed E-state index contributed by atoms with van der Waals surface area (Å²) in [5.41, 5.74) is 1.18. The highest BCUT2D eigenvalue weighted by Gasteiger charge is 2.26. The average Bonchev–Trinajstić information content (AvgIpc) is 2.83. The van der Waals surface area contributed by atoms with E-state index in [1.165, 1.54) is 12.1 Å². The third-order valence-electron chi connectivity index (χ3n) is 3.78. The van der Waals surface area contributed by atoms with Gasteiger partial charge in [0, 0.05) is 37.0 Å². The van der Waals surface area contributed by atoms with Crippen molar-refractivity contribution in [3.8, 4) is 0 Å². The summed E-state index contributed by atoms with van der Waals surface area (Å²) >= 11 is 1.73. The molecule has 1 aliphatic heterocycles. The van der Waals surface area contributed by atoms with Crippen LogP contribution in [-0.2, 0) is 11.3 Å². The molecule has 0 aliphatic carbocycles. The van der Waals surface area contributed by atoms with E-state index in [-0.39, 0.29) is 0 Å². The highest BCUT2D eigenvalue weighted by Crippen LogP contribution is 2.17. The van der Waals surface area contributed by atoms with Gasteiger partial charge in [-0.3, -0.25) is 0 Å². The van der Waals surface area contributed by atoms with Crippen molar-refractivity contribution < 1.29 is 4.74 Å². The van der Waals surface area contributed by atoms with Gasteiger partial charge in [0.15, 0.2) is 0 Å². The summed E-state index contributed by atoms with van der Waals surface area (Å²) in [4.78, 5) is 6.91. The van der Waals surface area contributed by atoms with Gasteiger partial charge in [0.1, 0.15) is 0 Å². The van der Waals surface area contributed by atoms with Crippen molar-refractivity contribution in [2.24, 2.45) is 5.92 Å². The fourth-order valence-electron chi connectivity index (χ4n) is 2.80. The number of ether oxygens (including phenoxy) is 1. The van der Waals surface area contributed by atoms with Gasteiger partial charge >= 0.3 is 0 Å². The Kier molecular flexibility index (Phi) is 6.42. The summed E-state index contributed by atoms with van der Waals surface area (Å²) in [7, 11) is 2.18. The molecule has 1 fully saturated rings. The van der Waals surface area contributed by atoms with E-state index in [2.05, 4.69) is 41.5 Å². The molecule has 0 amide bonds. The number of aryl methyl sites for hydroxylation is 1. The Bertz CT molecular complexity index is 396. The largest absolute Gasteiger partial charge is 0.381 e. The number of thiazole rings is 1. The maximum atomic E-state index is 5.67. The minimum Gasteiger partial charge on any atom is -0.381 e. The number of nitrogens with one attached hydrogen (secondary N) is 1. The van der Waals surface area contributed by atoms with Crippen LogP contribution in [0.3, 0.4) is 0 Å². The monoisotopic (exact) mass is 297 g/mol. The maximum Gasteiger partial charge on any atom is 0.0897 e. The molecule has 1 aliphatic rings. The molecule has 4 nitrogen and oxygen atoms in total. The lowest BCUT2D eigenvalue weighted by Crippen LogP contribution is -2.47. The first-order valence-corrected chi connectivity index (χ1v) is 8.47. The second-order valence-corrected chi connectivity index (χ2v) is 6.80. The van der Waals surface area contributed by atoms with Crippen molar-refractivity contribution in [2.45, 2.75) is 39.3 Å². The third kappa shape index (κ3) is 4.81. The van der Waals surface area contributed by atoms with Crippen LogP contribution in [0.2, 0.25) is 0 Å². The van der Waals surface area contributed by atoms with E-state index in [0.29, 0.717) is 12.0 Å². The van der Waals surface area contributed by atoms with Gasteiger partial charge in [-0.2, -0.15) is 0 Å². The van der Waals surface area contributed by atoms with Gasteiger partial charge in [0.25, 0.3) is 0 Å². The van der Waals surface area contributed by atoms with Crippen LogP contribution in [0, 0.1) is 12.8 Å². The number of hydrogen-bond acceptors (Lipinski definition) is 5. The van der Waals surface area contributed by atoms with E-state index >= 15 is 0 Å². The van der Waals surface area contributed by atoms with Crippen molar-refractivity contribution in [1.82, 2.24) is 15.2 Å². The Balaban J connectivity index is 1.82. The summed E-state index contributed by atoms with van der Waals surface area (Å²) < 4.78 is 5.67.